The number of hydrogen-bond acceptors (Lipinski definition) is 13. The van der Waals surface area contributed by atoms with Crippen molar-refractivity contribution in [1.82, 2.24) is 5.32 Å². The number of allylic oxidation sites excluding steroid dienone is 3. The molecule has 0 aromatic rings. The monoisotopic (exact) mass is 888 g/mol. The second kappa shape index (κ2) is 35.7. The topological polar surface area (TPSA) is 228 Å². The summed E-state index contributed by atoms with van der Waals surface area (Å²) in [5.41, 5.74) is 0. The molecule has 0 aromatic carbocycles. The normalized spacial score (nSPS) is 27.9. The molecule has 0 radical (unpaired) electrons. The molecule has 14 heteroatoms. The van der Waals surface area contributed by atoms with Crippen molar-refractivity contribution in [2.75, 3.05) is 19.8 Å². The van der Waals surface area contributed by atoms with Crippen LogP contribution >= 0.6 is 0 Å². The fourth-order valence-corrected chi connectivity index (χ4v) is 8.22. The van der Waals surface area contributed by atoms with Gasteiger partial charge in [0.1, 0.15) is 48.8 Å². The molecule has 62 heavy (non-hydrogen) atoms. The molecule has 14 nitrogen and oxygen atoms in total. The van der Waals surface area contributed by atoms with Gasteiger partial charge in [-0.2, -0.15) is 0 Å². The lowest BCUT2D eigenvalue weighted by Gasteiger charge is -2.46. The van der Waals surface area contributed by atoms with Gasteiger partial charge < -0.3 is 65.1 Å². The SMILES string of the molecule is CCCCCCCCCCCCCCCCCCCCCCCCC/C=C/CC/C=C/C(O)C(COC1OC(CO)C(OC2OC(CO)C(O)C(O)C2O)C(O)C1O)NC(C)=O. The van der Waals surface area contributed by atoms with Crippen molar-refractivity contribution in [1.29, 1.82) is 0 Å². The Morgan fingerprint density at radius 3 is 1.48 bits per heavy atom. The van der Waals surface area contributed by atoms with Gasteiger partial charge in [-0.25, -0.2) is 0 Å². The minimum atomic E-state index is -1.78. The zero-order valence-electron chi connectivity index (χ0n) is 38.4. The lowest BCUT2D eigenvalue weighted by molar-refractivity contribution is -0.359. The highest BCUT2D eigenvalue weighted by molar-refractivity contribution is 5.73. The maximum atomic E-state index is 11.9. The third-order valence-electron chi connectivity index (χ3n) is 12.2. The molecule has 0 bridgehead atoms. The van der Waals surface area contributed by atoms with Gasteiger partial charge in [0.2, 0.25) is 5.91 Å². The summed E-state index contributed by atoms with van der Waals surface area (Å²) in [4.78, 5) is 11.9. The molecule has 1 amide bonds. The Balaban J connectivity index is 1.52. The van der Waals surface area contributed by atoms with Crippen LogP contribution in [0.2, 0.25) is 0 Å². The fourth-order valence-electron chi connectivity index (χ4n) is 8.22. The molecule has 12 unspecified atom stereocenters. The van der Waals surface area contributed by atoms with Crippen LogP contribution in [0.5, 0.6) is 0 Å². The van der Waals surface area contributed by atoms with Crippen LogP contribution in [0.4, 0.5) is 0 Å². The molecule has 12 atom stereocenters. The first-order valence-corrected chi connectivity index (χ1v) is 24.5. The molecule has 2 saturated heterocycles. The number of aliphatic hydroxyl groups excluding tert-OH is 8. The summed E-state index contributed by atoms with van der Waals surface area (Å²) in [7, 11) is 0. The van der Waals surface area contributed by atoms with Crippen molar-refractivity contribution in [2.24, 2.45) is 0 Å². The highest BCUT2D eigenvalue weighted by atomic mass is 16.7. The number of aliphatic hydroxyl groups is 8. The smallest absolute Gasteiger partial charge is 0.217 e. The molecule has 2 fully saturated rings. The maximum Gasteiger partial charge on any atom is 0.217 e. The number of nitrogens with one attached hydrogen (secondary N) is 1. The van der Waals surface area contributed by atoms with Crippen LogP contribution in [0.1, 0.15) is 181 Å². The maximum absolute atomic E-state index is 11.9. The van der Waals surface area contributed by atoms with E-state index in [9.17, 15) is 45.6 Å². The summed E-state index contributed by atoms with van der Waals surface area (Å²) in [6.45, 7) is 1.82. The molecule has 2 aliphatic heterocycles. The van der Waals surface area contributed by atoms with E-state index >= 15 is 0 Å². The van der Waals surface area contributed by atoms with E-state index in [1.807, 2.05) is 6.08 Å². The number of amides is 1. The molecule has 0 spiro atoms. The second-order valence-electron chi connectivity index (χ2n) is 17.7. The average Bonchev–Trinajstić information content (AvgIpc) is 3.26. The Bertz CT molecular complexity index is 1140. The van der Waals surface area contributed by atoms with Gasteiger partial charge in [0.15, 0.2) is 12.6 Å². The zero-order chi connectivity index (χ0) is 45.4. The van der Waals surface area contributed by atoms with Gasteiger partial charge in [-0.15, -0.1) is 0 Å². The lowest BCUT2D eigenvalue weighted by atomic mass is 9.97. The van der Waals surface area contributed by atoms with E-state index in [1.54, 1.807) is 6.08 Å². The number of ether oxygens (including phenoxy) is 4. The van der Waals surface area contributed by atoms with E-state index in [0.29, 0.717) is 6.42 Å². The molecule has 2 heterocycles. The summed E-state index contributed by atoms with van der Waals surface area (Å²) in [6, 6.07) is -0.929. The Hall–Kier alpha value is -1.53. The van der Waals surface area contributed by atoms with Gasteiger partial charge in [-0.1, -0.05) is 172 Å². The molecule has 2 rings (SSSR count). The van der Waals surface area contributed by atoms with Crippen molar-refractivity contribution in [3.8, 4) is 0 Å². The molecule has 9 N–H and O–H groups in total. The van der Waals surface area contributed by atoms with E-state index < -0.39 is 92.7 Å². The quantitative estimate of drug-likeness (QED) is 0.0267. The van der Waals surface area contributed by atoms with Gasteiger partial charge in [-0.3, -0.25) is 4.79 Å². The molecule has 364 valence electrons. The standard InChI is InChI=1S/C48H89NO13/c1-3-4-5-6-7-8-9-10-11-12-13-14-15-16-17-18-19-20-21-22-23-24-25-26-27-28-29-30-31-32-38(53)37(49-36(2)52)35-59-47-45(58)43(56)46(40(34-51)61-47)62-48-44(57)42(55)41(54)39(33-50)60-48/h27-28,31-32,37-48,50-51,53-58H,3-26,29-30,33-35H2,1-2H3,(H,49,52)/b28-27+,32-31+. The van der Waals surface area contributed by atoms with Crippen molar-refractivity contribution in [2.45, 2.75) is 254 Å². The van der Waals surface area contributed by atoms with Crippen LogP contribution in [-0.2, 0) is 23.7 Å². The fraction of sp³-hybridized carbons (Fsp3) is 0.896. The summed E-state index contributed by atoms with van der Waals surface area (Å²) in [5, 5.41) is 85.0. The van der Waals surface area contributed by atoms with Crippen LogP contribution in [0, 0.1) is 0 Å². The zero-order valence-corrected chi connectivity index (χ0v) is 38.4. The lowest BCUT2D eigenvalue weighted by Crippen LogP contribution is -2.65. The Morgan fingerprint density at radius 1 is 0.565 bits per heavy atom. The van der Waals surface area contributed by atoms with Gasteiger partial charge in [0, 0.05) is 6.92 Å². The average molecular weight is 888 g/mol. The van der Waals surface area contributed by atoms with Crippen LogP contribution in [0.3, 0.4) is 0 Å². The number of carbonyl (C=O) groups is 1. The van der Waals surface area contributed by atoms with Gasteiger partial charge in [0.25, 0.3) is 0 Å². The Labute approximate surface area is 373 Å². The number of hydrogen-bond donors (Lipinski definition) is 9. The van der Waals surface area contributed by atoms with Crippen LogP contribution < -0.4 is 5.32 Å². The van der Waals surface area contributed by atoms with E-state index in [0.717, 1.165) is 12.8 Å². The second-order valence-corrected chi connectivity index (χ2v) is 17.7. The molecular formula is C48H89NO13. The van der Waals surface area contributed by atoms with Crippen molar-refractivity contribution in [3.05, 3.63) is 24.3 Å². The van der Waals surface area contributed by atoms with E-state index in [2.05, 4.69) is 24.4 Å². The number of rotatable bonds is 37. The van der Waals surface area contributed by atoms with E-state index in [-0.39, 0.29) is 6.61 Å². The van der Waals surface area contributed by atoms with Gasteiger partial charge in [0.05, 0.1) is 32.0 Å². The molecule has 0 saturated carbocycles. The van der Waals surface area contributed by atoms with Crippen molar-refractivity contribution in [3.63, 3.8) is 0 Å². The third-order valence-corrected chi connectivity index (χ3v) is 12.2. The minimum Gasteiger partial charge on any atom is -0.394 e. The highest BCUT2D eigenvalue weighted by Gasteiger charge is 2.50. The van der Waals surface area contributed by atoms with E-state index in [4.69, 9.17) is 18.9 Å². The van der Waals surface area contributed by atoms with Gasteiger partial charge >= 0.3 is 0 Å². The molecular weight excluding hydrogens is 799 g/mol. The summed E-state index contributed by atoms with van der Waals surface area (Å²) >= 11 is 0. The predicted molar refractivity (Wildman–Crippen MR) is 240 cm³/mol. The van der Waals surface area contributed by atoms with Gasteiger partial charge in [-0.05, 0) is 25.7 Å². The molecule has 0 aliphatic carbocycles. The summed E-state index contributed by atoms with van der Waals surface area (Å²) < 4.78 is 22.2. The minimum absolute atomic E-state index is 0.324. The summed E-state index contributed by atoms with van der Waals surface area (Å²) in [5.74, 6) is -0.425. The molecule has 2 aliphatic rings. The third kappa shape index (κ3) is 23.6. The van der Waals surface area contributed by atoms with Crippen LogP contribution in [0.15, 0.2) is 24.3 Å². The molecule has 0 aromatic heterocycles. The van der Waals surface area contributed by atoms with E-state index in [1.165, 1.54) is 155 Å². The number of carbonyl (C=O) groups excluding carboxylic acids is 1. The van der Waals surface area contributed by atoms with Crippen molar-refractivity contribution >= 4 is 5.91 Å². The highest BCUT2D eigenvalue weighted by Crippen LogP contribution is 2.30. The Morgan fingerprint density at radius 2 is 1.00 bits per heavy atom. The number of unbranched alkanes of at least 4 members (excludes halogenated alkanes) is 24. The largest absolute Gasteiger partial charge is 0.394 e. The Kier molecular flexibility index (Phi) is 32.6. The van der Waals surface area contributed by atoms with Crippen LogP contribution in [-0.4, -0.2) is 140 Å². The van der Waals surface area contributed by atoms with Crippen LogP contribution in [0.25, 0.3) is 0 Å². The first kappa shape index (κ1) is 56.6. The first-order chi connectivity index (χ1) is 30.0. The van der Waals surface area contributed by atoms with Crippen molar-refractivity contribution < 1.29 is 64.6 Å². The first-order valence-electron chi connectivity index (χ1n) is 24.5. The summed E-state index contributed by atoms with van der Waals surface area (Å²) in [6.07, 6.45) is 25.1. The predicted octanol–water partition coefficient (Wildman–Crippen LogP) is 5.77.